The smallest absolute Gasteiger partial charge is 0.248 e. The van der Waals surface area contributed by atoms with E-state index in [0.29, 0.717) is 55.3 Å². The van der Waals surface area contributed by atoms with E-state index in [1.165, 1.54) is 0 Å². The average molecular weight is 956 g/mol. The zero-order valence-corrected chi connectivity index (χ0v) is 35.0. The number of nitroso groups, excluding NO2 is 2. The minimum Gasteiger partial charge on any atom is -0.494 e. The molecule has 0 spiro atoms. The summed E-state index contributed by atoms with van der Waals surface area (Å²) in [4.78, 5) is 64.3. The van der Waals surface area contributed by atoms with Gasteiger partial charge in [0, 0.05) is 45.9 Å². The van der Waals surface area contributed by atoms with Crippen LogP contribution in [0.1, 0.15) is 43.2 Å². The van der Waals surface area contributed by atoms with Gasteiger partial charge in [-0.25, -0.2) is 0 Å². The monoisotopic (exact) mass is 952 g/mol. The molecule has 0 fully saturated rings. The molecule has 2 aromatic rings. The van der Waals surface area contributed by atoms with E-state index >= 15 is 0 Å². The number of nitrogens with one attached hydrogen (secondary N) is 2. The van der Waals surface area contributed by atoms with Gasteiger partial charge in [-0.15, -0.1) is 9.81 Å². The number of hydrogen-bond acceptors (Lipinski definition) is 10. The number of benzene rings is 2. The van der Waals surface area contributed by atoms with Gasteiger partial charge in [-0.3, -0.25) is 14.4 Å². The topological polar surface area (TPSA) is 159 Å². The quantitative estimate of drug-likeness (QED) is 0.0960. The number of carbonyl (C=O) groups excluding carboxylic acids is 3. The van der Waals surface area contributed by atoms with Crippen molar-refractivity contribution in [3.05, 3.63) is 63.1 Å². The van der Waals surface area contributed by atoms with Gasteiger partial charge in [0.1, 0.15) is 11.5 Å². The highest BCUT2D eigenvalue weighted by Crippen LogP contribution is 2.36. The maximum absolute atomic E-state index is 12.6. The Hall–Kier alpha value is -2.47. The third kappa shape index (κ3) is 14.6. The molecular weight excluding hydrogens is 912 g/mol. The van der Waals surface area contributed by atoms with Gasteiger partial charge in [-0.1, -0.05) is 10.4 Å². The van der Waals surface area contributed by atoms with E-state index in [9.17, 15) is 24.2 Å². The van der Waals surface area contributed by atoms with Gasteiger partial charge in [0.15, 0.2) is 12.1 Å². The van der Waals surface area contributed by atoms with Gasteiger partial charge < -0.3 is 29.9 Å². The number of amides is 3. The molecule has 0 heterocycles. The summed E-state index contributed by atoms with van der Waals surface area (Å²) < 4.78 is 13.4. The van der Waals surface area contributed by atoms with Crippen molar-refractivity contribution in [2.24, 2.45) is 10.4 Å². The third-order valence-corrected chi connectivity index (χ3v) is 10.2. The Morgan fingerprint density at radius 2 is 1.08 bits per heavy atom. The first-order chi connectivity index (χ1) is 23.8. The first-order valence-electron chi connectivity index (χ1n) is 16.0. The molecule has 0 aliphatic rings. The van der Waals surface area contributed by atoms with Gasteiger partial charge in [-0.05, 0) is 145 Å². The molecule has 0 aliphatic carbocycles. The van der Waals surface area contributed by atoms with E-state index < -0.39 is 23.9 Å². The summed E-state index contributed by atoms with van der Waals surface area (Å²) >= 11 is 13.7. The molecule has 3 amide bonds. The summed E-state index contributed by atoms with van der Waals surface area (Å²) in [5.74, 6) is 0.333. The van der Waals surface area contributed by atoms with Crippen LogP contribution in [0.15, 0.2) is 52.5 Å². The normalized spacial score (nSPS) is 12.2. The molecule has 0 aromatic heterocycles. The molecule has 276 valence electrons. The number of nitrogens with zero attached hydrogens (tertiary/aromatic N) is 4. The molecule has 0 radical (unpaired) electrons. The minimum atomic E-state index is -1.09. The Morgan fingerprint density at radius 3 is 1.50 bits per heavy atom. The Labute approximate surface area is 326 Å². The SMILES string of the molecule is COc1c(Br)cc(CC(N=O)C(=O)NCCCC(=O)N(C)CCCCN(C)CCCNC(=O)C(Cc2cc(Br)c(OC)c(Br)c2)N=O)cc1Br. The lowest BCUT2D eigenvalue weighted by Gasteiger charge is -2.20. The van der Waals surface area contributed by atoms with Crippen molar-refractivity contribution >= 4 is 81.4 Å². The highest BCUT2D eigenvalue weighted by Gasteiger charge is 2.22. The molecule has 0 bridgehead atoms. The molecule has 0 saturated heterocycles. The van der Waals surface area contributed by atoms with Crippen LogP contribution in [0.25, 0.3) is 0 Å². The predicted molar refractivity (Wildman–Crippen MR) is 208 cm³/mol. The molecular formula is C33H44Br4N6O7. The van der Waals surface area contributed by atoms with Gasteiger partial charge in [0.25, 0.3) is 0 Å². The standard InChI is InChI=1S/C33H44Br4N6O7/c1-42(13-8-11-39-33(46)28(41-48)20-22-17-25(36)31(50-4)26(37)18-22)12-5-6-14-43(2)29(44)9-7-10-38-32(45)27(40-47)19-21-15-23(34)30(49-3)24(35)16-21/h15-18,27-28H,5-14,19-20H2,1-4H3,(H,38,45)(H,39,46). The van der Waals surface area contributed by atoms with Crippen molar-refractivity contribution in [1.82, 2.24) is 20.4 Å². The Bertz CT molecular complexity index is 1420. The zero-order chi connectivity index (χ0) is 37.2. The van der Waals surface area contributed by atoms with Crippen molar-refractivity contribution in [3.63, 3.8) is 0 Å². The van der Waals surface area contributed by atoms with Gasteiger partial charge in [0.05, 0.1) is 32.1 Å². The van der Waals surface area contributed by atoms with Crippen molar-refractivity contribution in [2.75, 3.05) is 61.0 Å². The lowest BCUT2D eigenvalue weighted by molar-refractivity contribution is -0.130. The molecule has 2 N–H and O–H groups in total. The molecule has 13 nitrogen and oxygen atoms in total. The number of ether oxygens (including phenoxy) is 2. The highest BCUT2D eigenvalue weighted by atomic mass is 79.9. The van der Waals surface area contributed by atoms with Crippen LogP contribution in [0.5, 0.6) is 11.5 Å². The van der Waals surface area contributed by atoms with Gasteiger partial charge in [-0.2, -0.15) is 0 Å². The molecule has 50 heavy (non-hydrogen) atoms. The van der Waals surface area contributed by atoms with Gasteiger partial charge in [0.2, 0.25) is 17.7 Å². The average Bonchev–Trinajstić information content (AvgIpc) is 3.07. The van der Waals surface area contributed by atoms with Crippen LogP contribution in [0, 0.1) is 9.81 Å². The molecule has 2 rings (SSSR count). The number of carbonyl (C=O) groups is 3. The molecule has 0 aliphatic heterocycles. The van der Waals surface area contributed by atoms with Crippen LogP contribution in [0.3, 0.4) is 0 Å². The summed E-state index contributed by atoms with van der Waals surface area (Å²) in [5.41, 5.74) is 1.51. The predicted octanol–water partition coefficient (Wildman–Crippen LogP) is 6.38. The number of halogens is 4. The summed E-state index contributed by atoms with van der Waals surface area (Å²) in [6.45, 7) is 2.89. The van der Waals surface area contributed by atoms with Crippen molar-refractivity contribution < 1.29 is 23.9 Å². The van der Waals surface area contributed by atoms with E-state index in [0.717, 1.165) is 37.1 Å². The summed E-state index contributed by atoms with van der Waals surface area (Å²) in [7, 11) is 6.86. The second kappa shape index (κ2) is 23.2. The van der Waals surface area contributed by atoms with E-state index in [4.69, 9.17) is 9.47 Å². The van der Waals surface area contributed by atoms with Crippen LogP contribution in [-0.2, 0) is 27.2 Å². The summed E-state index contributed by atoms with van der Waals surface area (Å²) in [5, 5.41) is 11.6. The van der Waals surface area contributed by atoms with Crippen molar-refractivity contribution in [1.29, 1.82) is 0 Å². The number of hydrogen-bond donors (Lipinski definition) is 2. The second-order valence-electron chi connectivity index (χ2n) is 11.7. The largest absolute Gasteiger partial charge is 0.494 e. The van der Waals surface area contributed by atoms with Crippen LogP contribution >= 0.6 is 63.7 Å². The second-order valence-corrected chi connectivity index (χ2v) is 15.1. The number of methoxy groups -OCH3 is 2. The third-order valence-electron chi connectivity index (χ3n) is 7.83. The molecule has 17 heteroatoms. The fraction of sp³-hybridized carbons (Fsp3) is 0.545. The highest BCUT2D eigenvalue weighted by molar-refractivity contribution is 9.11. The fourth-order valence-corrected chi connectivity index (χ4v) is 8.27. The van der Waals surface area contributed by atoms with E-state index in [1.807, 2.05) is 7.05 Å². The lowest BCUT2D eigenvalue weighted by Crippen LogP contribution is -2.36. The number of rotatable bonds is 23. The first-order valence-corrected chi connectivity index (χ1v) is 19.2. The van der Waals surface area contributed by atoms with Crippen LogP contribution in [0.2, 0.25) is 0 Å². The molecule has 0 saturated carbocycles. The van der Waals surface area contributed by atoms with E-state index in [-0.39, 0.29) is 31.7 Å². The van der Waals surface area contributed by atoms with Gasteiger partial charge >= 0.3 is 0 Å². The summed E-state index contributed by atoms with van der Waals surface area (Å²) in [6.07, 6.45) is 3.45. The van der Waals surface area contributed by atoms with Crippen molar-refractivity contribution in [3.8, 4) is 11.5 Å². The van der Waals surface area contributed by atoms with E-state index in [1.54, 1.807) is 50.4 Å². The Balaban J connectivity index is 1.59. The summed E-state index contributed by atoms with van der Waals surface area (Å²) in [6, 6.07) is 5.03. The number of unbranched alkanes of at least 4 members (excludes halogenated alkanes) is 1. The zero-order valence-electron chi connectivity index (χ0n) is 28.6. The Kier molecular flexibility index (Phi) is 20.2. The van der Waals surface area contributed by atoms with Crippen molar-refractivity contribution in [2.45, 2.75) is 57.0 Å². The van der Waals surface area contributed by atoms with Crippen LogP contribution < -0.4 is 20.1 Å². The molecule has 2 atom stereocenters. The fourth-order valence-electron chi connectivity index (χ4n) is 5.06. The van der Waals surface area contributed by atoms with Crippen LogP contribution in [-0.4, -0.2) is 101 Å². The molecule has 2 aromatic carbocycles. The molecule has 2 unspecified atom stereocenters. The maximum atomic E-state index is 12.6. The van der Waals surface area contributed by atoms with E-state index in [2.05, 4.69) is 89.6 Å². The lowest BCUT2D eigenvalue weighted by atomic mass is 10.1. The van der Waals surface area contributed by atoms with Crippen LogP contribution in [0.4, 0.5) is 0 Å². The maximum Gasteiger partial charge on any atom is 0.248 e. The minimum absolute atomic E-state index is 0.0169. The first kappa shape index (κ1) is 43.7. The Morgan fingerprint density at radius 1 is 0.680 bits per heavy atom.